The Kier molecular flexibility index (Phi) is 3.62. The summed E-state index contributed by atoms with van der Waals surface area (Å²) >= 11 is 0. The zero-order valence-electron chi connectivity index (χ0n) is 13.4. The highest BCUT2D eigenvalue weighted by molar-refractivity contribution is 5.71. The van der Waals surface area contributed by atoms with Crippen LogP contribution in [0.3, 0.4) is 0 Å². The van der Waals surface area contributed by atoms with Gasteiger partial charge in [0.05, 0.1) is 29.8 Å². The first-order chi connectivity index (χ1) is 11.8. The van der Waals surface area contributed by atoms with E-state index in [1.54, 1.807) is 10.7 Å². The highest BCUT2D eigenvalue weighted by atomic mass is 16.5. The first-order valence-electron chi connectivity index (χ1n) is 8.10. The molecule has 1 aliphatic rings. The average molecular weight is 319 g/mol. The lowest BCUT2D eigenvalue weighted by Gasteiger charge is -2.25. The van der Waals surface area contributed by atoms with Gasteiger partial charge in [-0.1, -0.05) is 12.5 Å². The van der Waals surface area contributed by atoms with Crippen LogP contribution in [-0.4, -0.2) is 26.2 Å². The largest absolute Gasteiger partial charge is 0.477 e. The number of hydrogen-bond acceptors (Lipinski definition) is 5. The molecular weight excluding hydrogens is 302 g/mol. The molecule has 6 nitrogen and oxygen atoms in total. The van der Waals surface area contributed by atoms with Crippen LogP contribution in [0.5, 0.6) is 5.88 Å². The molecule has 0 atom stereocenters. The molecule has 3 aromatic heterocycles. The molecule has 24 heavy (non-hydrogen) atoms. The van der Waals surface area contributed by atoms with Crippen LogP contribution >= 0.6 is 0 Å². The van der Waals surface area contributed by atoms with Gasteiger partial charge in [-0.05, 0) is 37.8 Å². The number of pyridine rings is 1. The van der Waals surface area contributed by atoms with Crippen LogP contribution in [0, 0.1) is 24.2 Å². The molecule has 1 saturated carbocycles. The van der Waals surface area contributed by atoms with Crippen molar-refractivity contribution in [1.29, 1.82) is 5.26 Å². The number of rotatable bonds is 4. The number of nitriles is 1. The number of aryl methyl sites for hydroxylation is 1. The quantitative estimate of drug-likeness (QED) is 0.738. The molecule has 0 aliphatic heterocycles. The van der Waals surface area contributed by atoms with Gasteiger partial charge in [-0.3, -0.25) is 4.98 Å². The Hall–Kier alpha value is -2.94. The van der Waals surface area contributed by atoms with E-state index in [9.17, 15) is 5.26 Å². The minimum atomic E-state index is 0.444. The van der Waals surface area contributed by atoms with Crippen LogP contribution in [-0.2, 0) is 0 Å². The van der Waals surface area contributed by atoms with E-state index in [-0.39, 0.29) is 0 Å². The first-order valence-corrected chi connectivity index (χ1v) is 8.10. The highest BCUT2D eigenvalue weighted by Gasteiger charge is 2.22. The first kappa shape index (κ1) is 14.6. The zero-order chi connectivity index (χ0) is 16.5. The van der Waals surface area contributed by atoms with Gasteiger partial charge < -0.3 is 4.74 Å². The predicted molar refractivity (Wildman–Crippen MR) is 88.5 cm³/mol. The number of ether oxygens (including phenoxy) is 1. The van der Waals surface area contributed by atoms with Gasteiger partial charge in [0.1, 0.15) is 11.6 Å². The van der Waals surface area contributed by atoms with Crippen LogP contribution in [0.1, 0.15) is 30.5 Å². The Balaban J connectivity index is 1.86. The van der Waals surface area contributed by atoms with Crippen molar-refractivity contribution in [3.8, 4) is 23.2 Å². The Morgan fingerprint density at radius 2 is 2.25 bits per heavy atom. The number of fused-ring (bicyclic) bond motifs is 1. The van der Waals surface area contributed by atoms with E-state index in [4.69, 9.17) is 4.74 Å². The molecular formula is C18H17N5O. The molecule has 0 bridgehead atoms. The number of nitrogens with zero attached hydrogens (tertiary/aromatic N) is 5. The van der Waals surface area contributed by atoms with Crippen molar-refractivity contribution in [3.05, 3.63) is 41.9 Å². The summed E-state index contributed by atoms with van der Waals surface area (Å²) in [5, 5.41) is 13.5. The fourth-order valence-corrected chi connectivity index (χ4v) is 2.95. The van der Waals surface area contributed by atoms with Gasteiger partial charge in [-0.25, -0.2) is 4.52 Å². The fraction of sp³-hybridized carbons (Fsp3) is 0.333. The zero-order valence-corrected chi connectivity index (χ0v) is 13.4. The van der Waals surface area contributed by atoms with Crippen LogP contribution in [0.15, 0.2) is 30.6 Å². The molecule has 1 aliphatic carbocycles. The predicted octanol–water partition coefficient (Wildman–Crippen LogP) is 3.15. The molecule has 0 N–H and O–H groups in total. The highest BCUT2D eigenvalue weighted by Crippen LogP contribution is 2.33. The molecule has 4 rings (SSSR count). The molecule has 0 radical (unpaired) electrons. The summed E-state index contributed by atoms with van der Waals surface area (Å²) < 4.78 is 7.73. The van der Waals surface area contributed by atoms with Crippen molar-refractivity contribution in [3.63, 3.8) is 0 Å². The van der Waals surface area contributed by atoms with Crippen molar-refractivity contribution >= 4 is 5.65 Å². The van der Waals surface area contributed by atoms with Crippen molar-refractivity contribution < 1.29 is 4.74 Å². The maximum absolute atomic E-state index is 9.26. The van der Waals surface area contributed by atoms with Crippen molar-refractivity contribution in [2.45, 2.75) is 26.2 Å². The summed E-state index contributed by atoms with van der Waals surface area (Å²) in [6.07, 6.45) is 6.96. The number of hydrogen-bond donors (Lipinski definition) is 0. The Labute approximate surface area is 139 Å². The lowest BCUT2D eigenvalue weighted by molar-refractivity contribution is 0.176. The van der Waals surface area contributed by atoms with Crippen molar-refractivity contribution in [2.75, 3.05) is 6.61 Å². The molecule has 0 spiro atoms. The molecule has 0 saturated heterocycles. The molecule has 3 aromatic rings. The normalized spacial score (nSPS) is 14.3. The van der Waals surface area contributed by atoms with E-state index in [1.807, 2.05) is 25.1 Å². The molecule has 0 aromatic carbocycles. The monoisotopic (exact) mass is 319 g/mol. The molecule has 3 heterocycles. The third-order valence-corrected chi connectivity index (χ3v) is 4.57. The molecule has 0 amide bonds. The van der Waals surface area contributed by atoms with Crippen LogP contribution in [0.4, 0.5) is 0 Å². The smallest absolute Gasteiger partial charge is 0.226 e. The summed E-state index contributed by atoms with van der Waals surface area (Å²) in [6.45, 7) is 2.60. The minimum absolute atomic E-state index is 0.444. The Bertz CT molecular complexity index is 922. The van der Waals surface area contributed by atoms with E-state index >= 15 is 0 Å². The standard InChI is InChI=1S/C18H17N5O/c1-12-16(15-7-2-3-8-20-15)18(24-11-13-5-4-6-13)22-17-14(9-19)10-21-23(12)17/h2-3,7-8,10,13H,4-6,11H2,1H3. The van der Waals surface area contributed by atoms with Gasteiger partial charge in [-0.2, -0.15) is 15.3 Å². The topological polar surface area (TPSA) is 76.1 Å². The average Bonchev–Trinajstić information content (AvgIpc) is 2.98. The van der Waals surface area contributed by atoms with E-state index in [0.717, 1.165) is 17.0 Å². The summed E-state index contributed by atoms with van der Waals surface area (Å²) in [6, 6.07) is 7.88. The van der Waals surface area contributed by atoms with Crippen molar-refractivity contribution in [1.82, 2.24) is 19.6 Å². The third kappa shape index (κ3) is 2.38. The van der Waals surface area contributed by atoms with E-state index < -0.39 is 0 Å². The van der Waals surface area contributed by atoms with Gasteiger partial charge in [-0.15, -0.1) is 0 Å². The van der Waals surface area contributed by atoms with E-state index in [2.05, 4.69) is 21.1 Å². The fourth-order valence-electron chi connectivity index (χ4n) is 2.95. The Morgan fingerprint density at radius 3 is 2.92 bits per heavy atom. The molecule has 120 valence electrons. The van der Waals surface area contributed by atoms with Gasteiger partial charge in [0.25, 0.3) is 0 Å². The lowest BCUT2D eigenvalue weighted by atomic mass is 9.86. The second-order valence-electron chi connectivity index (χ2n) is 6.11. The summed E-state index contributed by atoms with van der Waals surface area (Å²) in [5.74, 6) is 1.13. The van der Waals surface area contributed by atoms with Gasteiger partial charge in [0, 0.05) is 6.20 Å². The van der Waals surface area contributed by atoms with E-state index in [1.165, 1.54) is 25.5 Å². The van der Waals surface area contributed by atoms with Gasteiger partial charge >= 0.3 is 0 Å². The number of aromatic nitrogens is 4. The second-order valence-corrected chi connectivity index (χ2v) is 6.11. The van der Waals surface area contributed by atoms with Crippen LogP contribution < -0.4 is 4.74 Å². The molecule has 1 fully saturated rings. The van der Waals surface area contributed by atoms with Gasteiger partial charge in [0.15, 0.2) is 5.65 Å². The summed E-state index contributed by atoms with van der Waals surface area (Å²) in [4.78, 5) is 9.03. The maximum Gasteiger partial charge on any atom is 0.226 e. The Morgan fingerprint density at radius 1 is 1.38 bits per heavy atom. The summed E-state index contributed by atoms with van der Waals surface area (Å²) in [7, 11) is 0. The SMILES string of the molecule is Cc1c(-c2ccccn2)c(OCC2CCC2)nc2c(C#N)cnn12. The minimum Gasteiger partial charge on any atom is -0.477 e. The van der Waals surface area contributed by atoms with Crippen molar-refractivity contribution in [2.24, 2.45) is 5.92 Å². The lowest BCUT2D eigenvalue weighted by Crippen LogP contribution is -2.20. The van der Waals surface area contributed by atoms with Gasteiger partial charge in [0.2, 0.25) is 5.88 Å². The second kappa shape index (κ2) is 5.93. The molecule has 6 heteroatoms. The summed E-state index contributed by atoms with van der Waals surface area (Å²) in [5.41, 5.74) is 3.46. The van der Waals surface area contributed by atoms with Crippen LogP contribution in [0.2, 0.25) is 0 Å². The maximum atomic E-state index is 9.26. The molecule has 0 unspecified atom stereocenters. The van der Waals surface area contributed by atoms with E-state index in [0.29, 0.717) is 29.6 Å². The van der Waals surface area contributed by atoms with Crippen LogP contribution in [0.25, 0.3) is 16.9 Å². The third-order valence-electron chi connectivity index (χ3n) is 4.57.